The second-order valence-electron chi connectivity index (χ2n) is 6.03. The van der Waals surface area contributed by atoms with Gasteiger partial charge in [0.05, 0.1) is 6.54 Å². The Morgan fingerprint density at radius 2 is 2.00 bits per heavy atom. The molecule has 0 aliphatic carbocycles. The van der Waals surface area contributed by atoms with E-state index in [1.807, 2.05) is 55.6 Å². The van der Waals surface area contributed by atoms with Crippen molar-refractivity contribution in [2.24, 2.45) is 5.16 Å². The van der Waals surface area contributed by atoms with E-state index in [1.165, 1.54) is 11.8 Å². The molecular weight excluding hydrogens is 396 g/mol. The zero-order chi connectivity index (χ0) is 19.5. The van der Waals surface area contributed by atoms with Gasteiger partial charge in [-0.05, 0) is 36.9 Å². The van der Waals surface area contributed by atoms with Crippen molar-refractivity contribution in [3.05, 3.63) is 76.6 Å². The van der Waals surface area contributed by atoms with Crippen LogP contribution < -0.4 is 10.3 Å². The molecule has 9 heteroatoms. The SMILES string of the molecule is CSc1nc2n(Cc3ccc(Cl)nc3)c(C)cc(=NOc3ccccc3)n2n1. The Kier molecular flexibility index (Phi) is 5.31. The van der Waals surface area contributed by atoms with Crippen molar-refractivity contribution in [2.75, 3.05) is 6.26 Å². The third kappa shape index (κ3) is 3.88. The van der Waals surface area contributed by atoms with E-state index in [2.05, 4.69) is 24.8 Å². The van der Waals surface area contributed by atoms with Crippen molar-refractivity contribution in [2.45, 2.75) is 18.6 Å². The highest BCUT2D eigenvalue weighted by Crippen LogP contribution is 2.14. The van der Waals surface area contributed by atoms with Gasteiger partial charge in [0.15, 0.2) is 11.2 Å². The monoisotopic (exact) mass is 412 g/mol. The summed E-state index contributed by atoms with van der Waals surface area (Å²) in [6.45, 7) is 2.59. The molecule has 28 heavy (non-hydrogen) atoms. The van der Waals surface area contributed by atoms with E-state index < -0.39 is 0 Å². The lowest BCUT2D eigenvalue weighted by Crippen LogP contribution is -2.23. The van der Waals surface area contributed by atoms with Crippen molar-refractivity contribution in [3.63, 3.8) is 0 Å². The Hall–Kier alpha value is -2.84. The molecule has 3 heterocycles. The van der Waals surface area contributed by atoms with Crippen LogP contribution in [0.2, 0.25) is 5.15 Å². The molecule has 1 aromatic carbocycles. The van der Waals surface area contributed by atoms with Crippen LogP contribution in [-0.2, 0) is 6.54 Å². The van der Waals surface area contributed by atoms with Gasteiger partial charge >= 0.3 is 0 Å². The van der Waals surface area contributed by atoms with Crippen molar-refractivity contribution in [1.82, 2.24) is 24.1 Å². The van der Waals surface area contributed by atoms with Gasteiger partial charge in [-0.3, -0.25) is 0 Å². The van der Waals surface area contributed by atoms with Crippen LogP contribution in [0.15, 0.2) is 65.0 Å². The number of thioether (sulfide) groups is 1. The van der Waals surface area contributed by atoms with Gasteiger partial charge in [0, 0.05) is 18.0 Å². The van der Waals surface area contributed by atoms with E-state index in [-0.39, 0.29) is 0 Å². The lowest BCUT2D eigenvalue weighted by Gasteiger charge is -2.12. The van der Waals surface area contributed by atoms with Crippen LogP contribution in [-0.4, -0.2) is 30.4 Å². The van der Waals surface area contributed by atoms with E-state index in [1.54, 1.807) is 16.8 Å². The van der Waals surface area contributed by atoms with Crippen LogP contribution in [0.3, 0.4) is 0 Å². The number of hydrogen-bond donors (Lipinski definition) is 0. The molecule has 0 bridgehead atoms. The van der Waals surface area contributed by atoms with Crippen LogP contribution in [0.4, 0.5) is 0 Å². The van der Waals surface area contributed by atoms with Gasteiger partial charge in [-0.25, -0.2) is 4.98 Å². The fourth-order valence-corrected chi connectivity index (χ4v) is 3.16. The molecule has 0 spiro atoms. The highest BCUT2D eigenvalue weighted by atomic mass is 35.5. The third-order valence-corrected chi connectivity index (χ3v) is 4.85. The fraction of sp³-hybridized carbons (Fsp3) is 0.158. The standard InChI is InChI=1S/C19H17ClN6OS/c1-13-10-17(24-27-15-6-4-3-5-7-15)26-19(22-18(23-26)28-2)25(13)12-14-8-9-16(20)21-11-14/h3-11H,12H2,1-2H3. The topological polar surface area (TPSA) is 69.6 Å². The Labute approximate surface area is 170 Å². The van der Waals surface area contributed by atoms with E-state index >= 15 is 0 Å². The molecule has 0 radical (unpaired) electrons. The van der Waals surface area contributed by atoms with Gasteiger partial charge in [0.1, 0.15) is 5.15 Å². The number of para-hydroxylation sites is 1. The van der Waals surface area contributed by atoms with Gasteiger partial charge in [-0.15, -0.1) is 5.10 Å². The Bertz CT molecular complexity index is 1170. The van der Waals surface area contributed by atoms with Crippen LogP contribution in [0, 0.1) is 6.92 Å². The summed E-state index contributed by atoms with van der Waals surface area (Å²) in [4.78, 5) is 14.4. The quantitative estimate of drug-likeness (QED) is 0.285. The molecule has 4 rings (SSSR count). The molecule has 142 valence electrons. The van der Waals surface area contributed by atoms with E-state index in [0.717, 1.165) is 11.3 Å². The Morgan fingerprint density at radius 1 is 1.18 bits per heavy atom. The van der Waals surface area contributed by atoms with E-state index in [4.69, 9.17) is 16.4 Å². The van der Waals surface area contributed by atoms with Crippen molar-refractivity contribution < 1.29 is 4.84 Å². The molecule has 0 unspecified atom stereocenters. The Balaban J connectivity index is 1.80. The molecule has 0 N–H and O–H groups in total. The first-order valence-corrected chi connectivity index (χ1v) is 10.1. The van der Waals surface area contributed by atoms with Crippen molar-refractivity contribution in [3.8, 4) is 5.75 Å². The highest BCUT2D eigenvalue weighted by molar-refractivity contribution is 7.98. The summed E-state index contributed by atoms with van der Waals surface area (Å²) in [6.07, 6.45) is 3.69. The van der Waals surface area contributed by atoms with Crippen LogP contribution >= 0.6 is 23.4 Å². The lowest BCUT2D eigenvalue weighted by atomic mass is 10.2. The molecule has 0 saturated heterocycles. The molecule has 0 amide bonds. The largest absolute Gasteiger partial charge is 0.355 e. The maximum atomic E-state index is 5.90. The molecule has 3 aromatic heterocycles. The molecule has 0 saturated carbocycles. The zero-order valence-corrected chi connectivity index (χ0v) is 16.9. The minimum absolute atomic E-state index is 0.468. The van der Waals surface area contributed by atoms with E-state index in [9.17, 15) is 0 Å². The predicted molar refractivity (Wildman–Crippen MR) is 108 cm³/mol. The summed E-state index contributed by atoms with van der Waals surface area (Å²) in [7, 11) is 0. The minimum Gasteiger partial charge on any atom is -0.355 e. The predicted octanol–water partition coefficient (Wildman–Crippen LogP) is 3.55. The minimum atomic E-state index is 0.468. The highest BCUT2D eigenvalue weighted by Gasteiger charge is 2.12. The number of fused-ring (bicyclic) bond motifs is 1. The number of pyridine rings is 1. The van der Waals surface area contributed by atoms with Gasteiger partial charge in [-0.2, -0.15) is 9.50 Å². The van der Waals surface area contributed by atoms with Gasteiger partial charge in [0.2, 0.25) is 10.9 Å². The third-order valence-electron chi connectivity index (χ3n) is 4.09. The van der Waals surface area contributed by atoms with Gasteiger partial charge in [-0.1, -0.05) is 52.8 Å². The zero-order valence-electron chi connectivity index (χ0n) is 15.3. The maximum absolute atomic E-state index is 5.90. The second-order valence-corrected chi connectivity index (χ2v) is 7.19. The molecular formula is C19H17ClN6OS. The van der Waals surface area contributed by atoms with E-state index in [0.29, 0.717) is 33.9 Å². The molecule has 0 atom stereocenters. The van der Waals surface area contributed by atoms with Crippen molar-refractivity contribution >= 4 is 29.1 Å². The smallest absolute Gasteiger partial charge is 0.235 e. The van der Waals surface area contributed by atoms with Gasteiger partial charge < -0.3 is 9.40 Å². The van der Waals surface area contributed by atoms with Crippen LogP contribution in [0.25, 0.3) is 5.78 Å². The summed E-state index contributed by atoms with van der Waals surface area (Å²) < 4.78 is 3.74. The average molecular weight is 413 g/mol. The molecule has 4 aromatic rings. The second kappa shape index (κ2) is 8.04. The number of benzene rings is 1. The fourth-order valence-electron chi connectivity index (χ4n) is 2.71. The first-order valence-electron chi connectivity index (χ1n) is 8.52. The molecule has 0 fully saturated rings. The van der Waals surface area contributed by atoms with Gasteiger partial charge in [0.25, 0.3) is 0 Å². The first-order chi connectivity index (χ1) is 13.6. The maximum Gasteiger partial charge on any atom is 0.235 e. The number of aromatic nitrogens is 5. The Morgan fingerprint density at radius 3 is 2.71 bits per heavy atom. The molecule has 0 aliphatic rings. The first kappa shape index (κ1) is 18.5. The van der Waals surface area contributed by atoms with Crippen LogP contribution in [0.1, 0.15) is 11.3 Å². The molecule has 7 nitrogen and oxygen atoms in total. The number of rotatable bonds is 5. The average Bonchev–Trinajstić information content (AvgIpc) is 3.16. The summed E-state index contributed by atoms with van der Waals surface area (Å²) in [5.41, 5.74) is 2.55. The van der Waals surface area contributed by atoms with Crippen molar-refractivity contribution in [1.29, 1.82) is 0 Å². The van der Waals surface area contributed by atoms with Crippen LogP contribution in [0.5, 0.6) is 5.75 Å². The summed E-state index contributed by atoms with van der Waals surface area (Å²) >= 11 is 7.37. The molecule has 0 aliphatic heterocycles. The number of nitrogens with zero attached hydrogens (tertiary/aromatic N) is 6. The number of halogens is 1. The lowest BCUT2D eigenvalue weighted by molar-refractivity contribution is 0.319. The normalized spacial score (nSPS) is 11.9. The number of hydrogen-bond acceptors (Lipinski definition) is 6. The summed E-state index contributed by atoms with van der Waals surface area (Å²) in [5, 5.41) is 9.94. The number of aryl methyl sites for hydroxylation is 1. The summed E-state index contributed by atoms with van der Waals surface area (Å²) in [5.74, 6) is 1.33. The summed E-state index contributed by atoms with van der Waals surface area (Å²) in [6, 6.07) is 15.0.